The highest BCUT2D eigenvalue weighted by atomic mass is 16.6. The van der Waals surface area contributed by atoms with Crippen molar-refractivity contribution in [1.29, 1.82) is 0 Å². The molecule has 1 aromatic carbocycles. The van der Waals surface area contributed by atoms with E-state index in [0.29, 0.717) is 5.92 Å². The number of benzene rings is 1. The largest absolute Gasteiger partial charge is 0.408 e. The Morgan fingerprint density at radius 3 is 3.09 bits per heavy atom. The number of hydrogen-bond acceptors (Lipinski definition) is 2. The molecule has 1 unspecified atom stereocenters. The Bertz CT molecular complexity index is 259. The Hall–Kier alpha value is -1.02. The lowest BCUT2D eigenvalue weighted by molar-refractivity contribution is 0.198. The molecule has 0 spiro atoms. The number of hydrogen-bond donors (Lipinski definition) is 1. The van der Waals surface area contributed by atoms with Crippen LogP contribution in [0.2, 0.25) is 0 Å². The van der Waals surface area contributed by atoms with Crippen molar-refractivity contribution in [2.45, 2.75) is 12.8 Å². The van der Waals surface area contributed by atoms with Crippen LogP contribution in [0.3, 0.4) is 0 Å². The van der Waals surface area contributed by atoms with Crippen molar-refractivity contribution >= 4 is 0 Å². The highest BCUT2D eigenvalue weighted by Crippen LogP contribution is 2.29. The van der Waals surface area contributed by atoms with E-state index in [2.05, 4.69) is 18.9 Å². The first kappa shape index (κ1) is 6.68. The molecule has 0 fully saturated rings. The smallest absolute Gasteiger partial charge is 0.150 e. The fourth-order valence-electron chi connectivity index (χ4n) is 1.18. The third kappa shape index (κ3) is 1.10. The molecule has 1 N–H and O–H groups in total. The summed E-state index contributed by atoms with van der Waals surface area (Å²) in [6.45, 7) is 5.04. The summed E-state index contributed by atoms with van der Waals surface area (Å²) in [4.78, 5) is 5.13. The first-order valence-electron chi connectivity index (χ1n) is 3.64. The van der Waals surface area contributed by atoms with Gasteiger partial charge in [-0.15, -0.1) is 5.48 Å². The highest BCUT2D eigenvalue weighted by Gasteiger charge is 2.16. The van der Waals surface area contributed by atoms with Crippen molar-refractivity contribution in [2.24, 2.45) is 0 Å². The lowest BCUT2D eigenvalue weighted by atomic mass is 10.00. The highest BCUT2D eigenvalue weighted by molar-refractivity contribution is 5.38. The molecule has 1 aliphatic heterocycles. The summed E-state index contributed by atoms with van der Waals surface area (Å²) in [6, 6.07) is 7.96. The maximum Gasteiger partial charge on any atom is 0.150 e. The normalized spacial score (nSPS) is 22.1. The van der Waals surface area contributed by atoms with E-state index in [1.807, 2.05) is 24.3 Å². The van der Waals surface area contributed by atoms with Crippen LogP contribution in [0.5, 0.6) is 5.75 Å². The van der Waals surface area contributed by atoms with E-state index in [1.165, 1.54) is 5.56 Å². The van der Waals surface area contributed by atoms with Gasteiger partial charge >= 0.3 is 0 Å². The number of nitrogens with one attached hydrogen (secondary N) is 1. The average Bonchev–Trinajstić information content (AvgIpc) is 2.06. The zero-order valence-electron chi connectivity index (χ0n) is 6.29. The van der Waals surface area contributed by atoms with Gasteiger partial charge in [0.1, 0.15) is 6.54 Å². The zero-order chi connectivity index (χ0) is 7.68. The Morgan fingerprint density at radius 2 is 2.27 bits per heavy atom. The molecule has 2 nitrogen and oxygen atoms in total. The van der Waals surface area contributed by atoms with E-state index in [-0.39, 0.29) is 0 Å². The third-order valence-electron chi connectivity index (χ3n) is 1.82. The van der Waals surface area contributed by atoms with E-state index in [1.54, 1.807) is 0 Å². The minimum atomic E-state index is 0.306. The summed E-state index contributed by atoms with van der Waals surface area (Å²) in [5.41, 5.74) is 3.83. The first-order valence-corrected chi connectivity index (χ1v) is 3.64. The van der Waals surface area contributed by atoms with E-state index in [0.717, 1.165) is 5.75 Å². The van der Waals surface area contributed by atoms with Crippen molar-refractivity contribution in [3.63, 3.8) is 0 Å². The van der Waals surface area contributed by atoms with Gasteiger partial charge in [0.05, 0.1) is 0 Å². The van der Waals surface area contributed by atoms with E-state index in [4.69, 9.17) is 4.84 Å². The molecule has 1 aliphatic rings. The second kappa shape index (κ2) is 2.55. The number of rotatable bonds is 0. The molecule has 1 atom stereocenters. The topological polar surface area (TPSA) is 21.3 Å². The standard InChI is InChI=1S/C9H9NO/c1-7-6-10-11-9-5-3-2-4-8(7)9/h2-5,7,10H,1H3. The average molecular weight is 147 g/mol. The van der Waals surface area contributed by atoms with Gasteiger partial charge in [-0.3, -0.25) is 0 Å². The molecule has 0 amide bonds. The van der Waals surface area contributed by atoms with Gasteiger partial charge in [0.15, 0.2) is 5.75 Å². The molecule has 1 heterocycles. The first-order chi connectivity index (χ1) is 5.38. The van der Waals surface area contributed by atoms with Crippen molar-refractivity contribution < 1.29 is 4.84 Å². The zero-order valence-corrected chi connectivity index (χ0v) is 6.29. The molecule has 0 aliphatic carbocycles. The number of para-hydroxylation sites is 1. The van der Waals surface area contributed by atoms with Crippen LogP contribution in [0.1, 0.15) is 18.4 Å². The van der Waals surface area contributed by atoms with Gasteiger partial charge in [-0.2, -0.15) is 0 Å². The van der Waals surface area contributed by atoms with Crippen LogP contribution in [0.15, 0.2) is 24.3 Å². The van der Waals surface area contributed by atoms with Gasteiger partial charge in [0.2, 0.25) is 0 Å². The van der Waals surface area contributed by atoms with Gasteiger partial charge in [-0.1, -0.05) is 25.1 Å². The minimum Gasteiger partial charge on any atom is -0.408 e. The minimum absolute atomic E-state index is 0.306. The SMILES string of the molecule is CC1[C]NOc2ccccc21. The van der Waals surface area contributed by atoms with Gasteiger partial charge in [-0.25, -0.2) is 0 Å². The van der Waals surface area contributed by atoms with E-state index in [9.17, 15) is 0 Å². The van der Waals surface area contributed by atoms with Gasteiger partial charge < -0.3 is 4.84 Å². The summed E-state index contributed by atoms with van der Waals surface area (Å²) in [5.74, 6) is 1.21. The van der Waals surface area contributed by atoms with E-state index >= 15 is 0 Å². The van der Waals surface area contributed by atoms with Crippen molar-refractivity contribution in [3.05, 3.63) is 36.4 Å². The molecule has 1 aromatic rings. The van der Waals surface area contributed by atoms with Crippen molar-refractivity contribution in [3.8, 4) is 5.75 Å². The second-order valence-electron chi connectivity index (χ2n) is 2.61. The molecule has 56 valence electrons. The van der Waals surface area contributed by atoms with Crippen molar-refractivity contribution in [1.82, 2.24) is 5.48 Å². The van der Waals surface area contributed by atoms with Crippen LogP contribution in [0.25, 0.3) is 0 Å². The summed E-state index contributed by atoms with van der Waals surface area (Å²) in [5, 5.41) is 0. The maximum absolute atomic E-state index is 5.13. The van der Waals surface area contributed by atoms with Crippen LogP contribution in [-0.2, 0) is 0 Å². The van der Waals surface area contributed by atoms with Crippen LogP contribution in [0, 0.1) is 6.54 Å². The van der Waals surface area contributed by atoms with Gasteiger partial charge in [0, 0.05) is 11.5 Å². The van der Waals surface area contributed by atoms with Gasteiger partial charge in [0.25, 0.3) is 0 Å². The quantitative estimate of drug-likeness (QED) is 0.603. The predicted octanol–water partition coefficient (Wildman–Crippen LogP) is 1.73. The van der Waals surface area contributed by atoms with E-state index < -0.39 is 0 Å². The second-order valence-corrected chi connectivity index (χ2v) is 2.61. The molecule has 0 saturated carbocycles. The fraction of sp³-hybridized carbons (Fsp3) is 0.222. The lowest BCUT2D eigenvalue weighted by Crippen LogP contribution is -2.24. The third-order valence-corrected chi connectivity index (χ3v) is 1.82. The van der Waals surface area contributed by atoms with Crippen molar-refractivity contribution in [2.75, 3.05) is 0 Å². The number of fused-ring (bicyclic) bond motifs is 1. The lowest BCUT2D eigenvalue weighted by Gasteiger charge is -2.21. The van der Waals surface area contributed by atoms with Gasteiger partial charge in [-0.05, 0) is 6.07 Å². The summed E-state index contributed by atoms with van der Waals surface area (Å²) >= 11 is 0. The van der Waals surface area contributed by atoms with Crippen LogP contribution < -0.4 is 10.3 Å². The Balaban J connectivity index is 2.44. The molecule has 0 bridgehead atoms. The molecule has 0 saturated heterocycles. The fourth-order valence-corrected chi connectivity index (χ4v) is 1.18. The van der Waals surface area contributed by atoms with Crippen LogP contribution in [-0.4, -0.2) is 0 Å². The maximum atomic E-state index is 5.13. The molecule has 2 heteroatoms. The number of hydroxylamine groups is 1. The molecule has 11 heavy (non-hydrogen) atoms. The molecular formula is C9H9NO. The Labute approximate surface area is 66.1 Å². The molecule has 2 radical (unpaired) electrons. The molecular weight excluding hydrogens is 138 g/mol. The van der Waals surface area contributed by atoms with Crippen LogP contribution >= 0.6 is 0 Å². The Kier molecular flexibility index (Phi) is 1.55. The summed E-state index contributed by atoms with van der Waals surface area (Å²) in [7, 11) is 0. The Morgan fingerprint density at radius 1 is 1.45 bits per heavy atom. The molecule has 2 rings (SSSR count). The summed E-state index contributed by atoms with van der Waals surface area (Å²) < 4.78 is 0. The monoisotopic (exact) mass is 147 g/mol. The molecule has 0 aromatic heterocycles. The van der Waals surface area contributed by atoms with Crippen LogP contribution in [0.4, 0.5) is 0 Å². The predicted molar refractivity (Wildman–Crippen MR) is 41.9 cm³/mol. The summed E-state index contributed by atoms with van der Waals surface area (Å²) in [6.07, 6.45) is 0.